The Bertz CT molecular complexity index is 1770. The number of thiophene rings is 5. The maximum absolute atomic E-state index is 11.7. The van der Waals surface area contributed by atoms with Gasteiger partial charge in [0.2, 0.25) is 0 Å². The number of hydrogen-bond acceptors (Lipinski definition) is 9. The largest absolute Gasteiger partial charge is 0.481 e. The highest BCUT2D eigenvalue weighted by molar-refractivity contribution is 7.30. The van der Waals surface area contributed by atoms with Crippen LogP contribution in [0.1, 0.15) is 20.9 Å². The van der Waals surface area contributed by atoms with E-state index in [1.54, 1.807) is 0 Å². The maximum Gasteiger partial charge on any atom is 0.328 e. The lowest BCUT2D eigenvalue weighted by atomic mass is 10.1. The van der Waals surface area contributed by atoms with E-state index in [-0.39, 0.29) is 12.8 Å². The predicted octanol–water partition coefficient (Wildman–Crippen LogP) is 8.11. The normalized spacial score (nSPS) is 11.5. The molecule has 5 rings (SSSR count). The zero-order valence-corrected chi connectivity index (χ0v) is 25.9. The van der Waals surface area contributed by atoms with E-state index in [4.69, 9.17) is 10.2 Å². The summed E-state index contributed by atoms with van der Waals surface area (Å²) in [5, 5.41) is 37.0. The van der Waals surface area contributed by atoms with E-state index in [0.29, 0.717) is 11.1 Å². The lowest BCUT2D eigenvalue weighted by Gasteiger charge is -1.99. The lowest BCUT2D eigenvalue weighted by molar-refractivity contribution is -0.137. The van der Waals surface area contributed by atoms with Gasteiger partial charge in [-0.05, 0) is 71.8 Å². The summed E-state index contributed by atoms with van der Waals surface area (Å²) in [5.74, 6) is -4.00. The van der Waals surface area contributed by atoms with Crippen molar-refractivity contribution in [3.05, 3.63) is 81.6 Å². The molecule has 0 aliphatic carbocycles. The van der Waals surface area contributed by atoms with Gasteiger partial charge in [0, 0.05) is 60.9 Å². The third-order valence-corrected chi connectivity index (χ3v) is 12.2. The topological polar surface area (TPSA) is 149 Å². The minimum atomic E-state index is -1.04. The predicted molar refractivity (Wildman–Crippen MR) is 174 cm³/mol. The van der Waals surface area contributed by atoms with Crippen molar-refractivity contribution in [1.82, 2.24) is 0 Å². The summed E-state index contributed by atoms with van der Waals surface area (Å²) in [7, 11) is 0. The number of carbonyl (C=O) groups is 4. The summed E-state index contributed by atoms with van der Waals surface area (Å²) in [6, 6.07) is 14.9. The van der Waals surface area contributed by atoms with E-state index in [1.165, 1.54) is 68.8 Å². The van der Waals surface area contributed by atoms with Gasteiger partial charge in [-0.2, -0.15) is 0 Å². The molecule has 0 saturated carbocycles. The molecular formula is C30H20O8S5. The lowest BCUT2D eigenvalue weighted by Crippen LogP contribution is -1.99. The summed E-state index contributed by atoms with van der Waals surface area (Å²) in [6.45, 7) is 0. The average molecular weight is 669 g/mol. The van der Waals surface area contributed by atoms with Gasteiger partial charge in [0.25, 0.3) is 0 Å². The number of carboxylic acid groups (broad SMARTS) is 4. The van der Waals surface area contributed by atoms with E-state index < -0.39 is 23.9 Å². The van der Waals surface area contributed by atoms with Gasteiger partial charge in [-0.3, -0.25) is 9.59 Å². The Morgan fingerprint density at radius 2 is 0.907 bits per heavy atom. The Labute approximate surface area is 264 Å². The molecule has 5 heterocycles. The summed E-state index contributed by atoms with van der Waals surface area (Å²) in [5.41, 5.74) is 1.32. The number of hydrogen-bond donors (Lipinski definition) is 4. The molecule has 13 heteroatoms. The van der Waals surface area contributed by atoms with Crippen LogP contribution < -0.4 is 0 Å². The Kier molecular flexibility index (Phi) is 9.18. The van der Waals surface area contributed by atoms with E-state index in [0.717, 1.165) is 60.9 Å². The van der Waals surface area contributed by atoms with E-state index in [2.05, 4.69) is 0 Å². The molecule has 0 aliphatic rings. The van der Waals surface area contributed by atoms with Crippen molar-refractivity contribution < 1.29 is 39.6 Å². The Morgan fingerprint density at radius 1 is 0.512 bits per heavy atom. The van der Waals surface area contributed by atoms with Crippen LogP contribution in [0.4, 0.5) is 0 Å². The first-order valence-electron chi connectivity index (χ1n) is 12.4. The second kappa shape index (κ2) is 13.0. The van der Waals surface area contributed by atoms with Crippen molar-refractivity contribution in [1.29, 1.82) is 0 Å². The molecule has 43 heavy (non-hydrogen) atoms. The van der Waals surface area contributed by atoms with Crippen LogP contribution in [0.3, 0.4) is 0 Å². The quantitative estimate of drug-likeness (QED) is 0.0974. The highest BCUT2D eigenvalue weighted by atomic mass is 32.1. The molecule has 0 fully saturated rings. The molecule has 0 bridgehead atoms. The minimum Gasteiger partial charge on any atom is -0.481 e. The third-order valence-electron chi connectivity index (χ3n) is 5.87. The van der Waals surface area contributed by atoms with E-state index in [9.17, 15) is 29.4 Å². The van der Waals surface area contributed by atoms with Crippen molar-refractivity contribution in [2.24, 2.45) is 0 Å². The Balaban J connectivity index is 1.50. The van der Waals surface area contributed by atoms with Gasteiger partial charge in [0.1, 0.15) is 0 Å². The first-order chi connectivity index (χ1) is 20.5. The van der Waals surface area contributed by atoms with Crippen LogP contribution in [0.25, 0.3) is 51.2 Å². The molecule has 5 aromatic heterocycles. The van der Waals surface area contributed by atoms with Crippen LogP contribution in [0.5, 0.6) is 0 Å². The van der Waals surface area contributed by atoms with Gasteiger partial charge in [0.15, 0.2) is 0 Å². The fraction of sp³-hybridized carbons (Fsp3) is 0.0667. The van der Waals surface area contributed by atoms with Gasteiger partial charge in [-0.15, -0.1) is 56.7 Å². The highest BCUT2D eigenvalue weighted by Crippen LogP contribution is 2.48. The number of rotatable bonds is 12. The molecule has 5 aromatic rings. The zero-order valence-electron chi connectivity index (χ0n) is 21.8. The molecule has 0 radical (unpaired) electrons. The van der Waals surface area contributed by atoms with Crippen LogP contribution in [-0.4, -0.2) is 44.3 Å². The third kappa shape index (κ3) is 7.45. The van der Waals surface area contributed by atoms with Crippen molar-refractivity contribution in [2.75, 3.05) is 0 Å². The highest BCUT2D eigenvalue weighted by Gasteiger charge is 2.21. The molecule has 0 atom stereocenters. The molecule has 0 aliphatic heterocycles. The van der Waals surface area contributed by atoms with Crippen molar-refractivity contribution in [2.45, 2.75) is 12.8 Å². The molecule has 218 valence electrons. The molecule has 0 spiro atoms. The second-order valence-electron chi connectivity index (χ2n) is 8.98. The van der Waals surface area contributed by atoms with Gasteiger partial charge in [0.05, 0.1) is 12.8 Å². The first-order valence-corrected chi connectivity index (χ1v) is 16.5. The molecule has 4 N–H and O–H groups in total. The van der Waals surface area contributed by atoms with E-state index in [1.807, 2.05) is 48.5 Å². The van der Waals surface area contributed by atoms with Gasteiger partial charge < -0.3 is 20.4 Å². The summed E-state index contributed by atoms with van der Waals surface area (Å²) < 4.78 is 0. The van der Waals surface area contributed by atoms with E-state index >= 15 is 0 Å². The van der Waals surface area contributed by atoms with Crippen molar-refractivity contribution in [3.63, 3.8) is 0 Å². The smallest absolute Gasteiger partial charge is 0.328 e. The van der Waals surface area contributed by atoms with Crippen LogP contribution in [0, 0.1) is 0 Å². The Hall–Kier alpha value is -4.14. The summed E-state index contributed by atoms with van der Waals surface area (Å²) in [6.07, 6.45) is 4.84. The summed E-state index contributed by atoms with van der Waals surface area (Å²) in [4.78, 5) is 53.5. The number of carboxylic acids is 4. The van der Waals surface area contributed by atoms with Crippen LogP contribution in [-0.2, 0) is 32.0 Å². The molecule has 0 unspecified atom stereocenters. The minimum absolute atomic E-state index is 0.166. The summed E-state index contributed by atoms with van der Waals surface area (Å²) >= 11 is 7.20. The van der Waals surface area contributed by atoms with Crippen LogP contribution in [0.15, 0.2) is 60.7 Å². The van der Waals surface area contributed by atoms with Crippen LogP contribution >= 0.6 is 56.7 Å². The van der Waals surface area contributed by atoms with Crippen molar-refractivity contribution in [3.8, 4) is 39.0 Å². The maximum atomic E-state index is 11.7. The van der Waals surface area contributed by atoms with Gasteiger partial charge >= 0.3 is 23.9 Å². The monoisotopic (exact) mass is 668 g/mol. The van der Waals surface area contributed by atoms with Gasteiger partial charge in [-0.1, -0.05) is 0 Å². The molecule has 0 saturated heterocycles. The molecule has 8 nitrogen and oxygen atoms in total. The molecule has 0 amide bonds. The Morgan fingerprint density at radius 3 is 1.28 bits per heavy atom. The standard InChI is InChI=1S/C30H20O8S5/c31-25(32)9-3-17-1-5-19(39-17)23-11-15(13-27(35)36)29(42-23)21-7-8-22(41-21)30-16(14-28(37)38)12-24(43-30)20-6-2-18(40-20)4-10-26(33)34/h1-12H,13-14H2,(H,31,32)(H,33,34)(H,35,36)(H,37,38)/b9-3+,10-4+. The van der Waals surface area contributed by atoms with Gasteiger partial charge in [-0.25, -0.2) is 9.59 Å². The fourth-order valence-electron chi connectivity index (χ4n) is 4.14. The number of aliphatic carboxylic acids is 4. The second-order valence-corrected chi connectivity index (χ2v) is 14.4. The molecule has 0 aromatic carbocycles. The molecular weight excluding hydrogens is 649 g/mol. The van der Waals surface area contributed by atoms with Crippen molar-refractivity contribution >= 4 is 92.7 Å². The zero-order chi connectivity index (χ0) is 30.7. The first kappa shape index (κ1) is 30.3. The SMILES string of the molecule is O=C(O)/C=C/c1ccc(-c2cc(CC(=O)O)c(-c3ccc(-c4sc(-c5ccc(/C=C/C(=O)O)s5)cc4CC(=O)O)s3)s2)s1. The average Bonchev–Trinajstić information content (AvgIpc) is 3.75. The fourth-order valence-corrected chi connectivity index (χ4v) is 9.79. The van der Waals surface area contributed by atoms with Crippen LogP contribution in [0.2, 0.25) is 0 Å².